The van der Waals surface area contributed by atoms with E-state index in [9.17, 15) is 0 Å². The molecular formula is C17H19BrClNO. The Kier molecular flexibility index (Phi) is 5.68. The fourth-order valence-electron chi connectivity index (χ4n) is 2.46. The first-order chi connectivity index (χ1) is 10.0. The van der Waals surface area contributed by atoms with Crippen LogP contribution in [0.3, 0.4) is 0 Å². The standard InChI is InChI=1S/C17H19BrClNO/c1-4-21-16-6-5-13(18)10-15(16)17(20-3)12-7-11(2)8-14(19)9-12/h5-10,17,20H,4H2,1-3H3. The van der Waals surface area contributed by atoms with Crippen LogP contribution in [0, 0.1) is 6.92 Å². The number of nitrogens with one attached hydrogen (secondary N) is 1. The lowest BCUT2D eigenvalue weighted by atomic mass is 9.96. The van der Waals surface area contributed by atoms with Crippen LogP contribution >= 0.6 is 27.5 Å². The predicted molar refractivity (Wildman–Crippen MR) is 92.4 cm³/mol. The molecule has 0 spiro atoms. The molecule has 4 heteroatoms. The van der Waals surface area contributed by atoms with Gasteiger partial charge < -0.3 is 10.1 Å². The molecule has 0 radical (unpaired) electrons. The van der Waals surface area contributed by atoms with Gasteiger partial charge in [0.1, 0.15) is 5.75 Å². The predicted octanol–water partition coefficient (Wildman–Crippen LogP) is 5.12. The lowest BCUT2D eigenvalue weighted by molar-refractivity contribution is 0.334. The van der Waals surface area contributed by atoms with Crippen molar-refractivity contribution in [3.8, 4) is 5.75 Å². The highest BCUT2D eigenvalue weighted by Crippen LogP contribution is 2.33. The van der Waals surface area contributed by atoms with Crippen molar-refractivity contribution in [2.75, 3.05) is 13.7 Å². The van der Waals surface area contributed by atoms with Crippen molar-refractivity contribution in [3.63, 3.8) is 0 Å². The summed E-state index contributed by atoms with van der Waals surface area (Å²) in [5, 5.41) is 4.10. The van der Waals surface area contributed by atoms with Crippen LogP contribution in [0.5, 0.6) is 5.75 Å². The SMILES string of the molecule is CCOc1ccc(Br)cc1C(NC)c1cc(C)cc(Cl)c1. The topological polar surface area (TPSA) is 21.3 Å². The van der Waals surface area contributed by atoms with Gasteiger partial charge in [-0.3, -0.25) is 0 Å². The van der Waals surface area contributed by atoms with Crippen molar-refractivity contribution in [2.45, 2.75) is 19.9 Å². The molecule has 1 unspecified atom stereocenters. The lowest BCUT2D eigenvalue weighted by Gasteiger charge is -2.21. The average Bonchev–Trinajstić information content (AvgIpc) is 2.41. The molecule has 0 aliphatic heterocycles. The first kappa shape index (κ1) is 16.3. The zero-order valence-corrected chi connectivity index (χ0v) is 14.8. The van der Waals surface area contributed by atoms with Crippen LogP contribution in [-0.4, -0.2) is 13.7 Å². The van der Waals surface area contributed by atoms with E-state index in [1.54, 1.807) is 0 Å². The first-order valence-corrected chi connectivity index (χ1v) is 8.08. The minimum absolute atomic E-state index is 0.0291. The van der Waals surface area contributed by atoms with E-state index in [1.165, 1.54) is 0 Å². The number of rotatable bonds is 5. The van der Waals surface area contributed by atoms with Crippen molar-refractivity contribution < 1.29 is 4.74 Å². The molecule has 0 amide bonds. The highest BCUT2D eigenvalue weighted by atomic mass is 79.9. The van der Waals surface area contributed by atoms with Gasteiger partial charge in [0, 0.05) is 15.1 Å². The van der Waals surface area contributed by atoms with E-state index in [2.05, 4.69) is 33.4 Å². The molecule has 0 saturated heterocycles. The highest BCUT2D eigenvalue weighted by molar-refractivity contribution is 9.10. The Balaban J connectivity index is 2.52. The Morgan fingerprint density at radius 3 is 2.62 bits per heavy atom. The summed E-state index contributed by atoms with van der Waals surface area (Å²) in [7, 11) is 1.94. The second-order valence-electron chi connectivity index (χ2n) is 4.90. The molecule has 112 valence electrons. The summed E-state index contributed by atoms with van der Waals surface area (Å²) in [4.78, 5) is 0. The third-order valence-electron chi connectivity index (χ3n) is 3.27. The molecule has 0 fully saturated rings. The number of aryl methyl sites for hydroxylation is 1. The van der Waals surface area contributed by atoms with Gasteiger partial charge in [-0.15, -0.1) is 0 Å². The maximum atomic E-state index is 6.20. The fraction of sp³-hybridized carbons (Fsp3) is 0.294. The monoisotopic (exact) mass is 367 g/mol. The van der Waals surface area contributed by atoms with Crippen LogP contribution in [0.15, 0.2) is 40.9 Å². The molecular weight excluding hydrogens is 350 g/mol. The van der Waals surface area contributed by atoms with Crippen LogP contribution in [-0.2, 0) is 0 Å². The number of halogens is 2. The summed E-state index contributed by atoms with van der Waals surface area (Å²) in [5.74, 6) is 0.887. The van der Waals surface area contributed by atoms with Gasteiger partial charge in [-0.25, -0.2) is 0 Å². The van der Waals surface area contributed by atoms with Crippen molar-refractivity contribution in [1.82, 2.24) is 5.32 Å². The van der Waals surface area contributed by atoms with E-state index in [0.717, 1.165) is 31.9 Å². The van der Waals surface area contributed by atoms with Gasteiger partial charge in [-0.05, 0) is 62.4 Å². The summed E-state index contributed by atoms with van der Waals surface area (Å²) in [6.45, 7) is 4.68. The number of ether oxygens (including phenoxy) is 1. The molecule has 0 aromatic heterocycles. The molecule has 1 atom stereocenters. The molecule has 2 rings (SSSR count). The zero-order valence-electron chi connectivity index (χ0n) is 12.4. The van der Waals surface area contributed by atoms with Crippen molar-refractivity contribution >= 4 is 27.5 Å². The van der Waals surface area contributed by atoms with Gasteiger partial charge in [-0.2, -0.15) is 0 Å². The quantitative estimate of drug-likeness (QED) is 0.791. The largest absolute Gasteiger partial charge is 0.494 e. The minimum atomic E-state index is 0.0291. The van der Waals surface area contributed by atoms with E-state index >= 15 is 0 Å². The molecule has 0 saturated carbocycles. The third-order valence-corrected chi connectivity index (χ3v) is 3.98. The van der Waals surface area contributed by atoms with Crippen LogP contribution in [0.2, 0.25) is 5.02 Å². The molecule has 21 heavy (non-hydrogen) atoms. The molecule has 2 aromatic carbocycles. The zero-order chi connectivity index (χ0) is 15.4. The normalized spacial score (nSPS) is 12.2. The Morgan fingerprint density at radius 1 is 1.24 bits per heavy atom. The fourth-order valence-corrected chi connectivity index (χ4v) is 3.14. The lowest BCUT2D eigenvalue weighted by Crippen LogP contribution is -2.19. The summed E-state index contributed by atoms with van der Waals surface area (Å²) >= 11 is 9.74. The van der Waals surface area contributed by atoms with Crippen molar-refractivity contribution in [3.05, 3.63) is 62.6 Å². The second-order valence-corrected chi connectivity index (χ2v) is 6.25. The van der Waals surface area contributed by atoms with Crippen LogP contribution in [0.4, 0.5) is 0 Å². The third kappa shape index (κ3) is 4.00. The Bertz CT molecular complexity index is 610. The molecule has 0 heterocycles. The molecule has 0 aliphatic rings. The molecule has 1 N–H and O–H groups in total. The molecule has 2 nitrogen and oxygen atoms in total. The van der Waals surface area contributed by atoms with E-state index in [-0.39, 0.29) is 6.04 Å². The Morgan fingerprint density at radius 2 is 2.00 bits per heavy atom. The number of hydrogen-bond donors (Lipinski definition) is 1. The van der Waals surface area contributed by atoms with Gasteiger partial charge in [-0.1, -0.05) is 33.6 Å². The van der Waals surface area contributed by atoms with Gasteiger partial charge in [0.05, 0.1) is 12.6 Å². The summed E-state index contributed by atoms with van der Waals surface area (Å²) in [6.07, 6.45) is 0. The maximum absolute atomic E-state index is 6.20. The average molecular weight is 369 g/mol. The summed E-state index contributed by atoms with van der Waals surface area (Å²) in [5.41, 5.74) is 3.36. The molecule has 0 bridgehead atoms. The van der Waals surface area contributed by atoms with Gasteiger partial charge in [0.25, 0.3) is 0 Å². The number of benzene rings is 2. The van der Waals surface area contributed by atoms with Crippen LogP contribution in [0.25, 0.3) is 0 Å². The summed E-state index contributed by atoms with van der Waals surface area (Å²) in [6, 6.07) is 12.2. The smallest absolute Gasteiger partial charge is 0.124 e. The summed E-state index contributed by atoms with van der Waals surface area (Å²) < 4.78 is 6.79. The van der Waals surface area contributed by atoms with E-state index in [4.69, 9.17) is 16.3 Å². The highest BCUT2D eigenvalue weighted by Gasteiger charge is 2.18. The van der Waals surface area contributed by atoms with Crippen LogP contribution < -0.4 is 10.1 Å². The molecule has 2 aromatic rings. The first-order valence-electron chi connectivity index (χ1n) is 6.91. The van der Waals surface area contributed by atoms with Crippen molar-refractivity contribution in [1.29, 1.82) is 0 Å². The number of hydrogen-bond acceptors (Lipinski definition) is 2. The van der Waals surface area contributed by atoms with E-state index < -0.39 is 0 Å². The Labute approximate surface area is 139 Å². The van der Waals surface area contributed by atoms with Gasteiger partial charge in [0.2, 0.25) is 0 Å². The van der Waals surface area contributed by atoms with E-state index in [1.807, 2.05) is 45.2 Å². The van der Waals surface area contributed by atoms with Crippen molar-refractivity contribution in [2.24, 2.45) is 0 Å². The van der Waals surface area contributed by atoms with Gasteiger partial charge >= 0.3 is 0 Å². The van der Waals surface area contributed by atoms with Crippen LogP contribution in [0.1, 0.15) is 29.7 Å². The minimum Gasteiger partial charge on any atom is -0.494 e. The Hall–Kier alpha value is -1.03. The maximum Gasteiger partial charge on any atom is 0.124 e. The second kappa shape index (κ2) is 7.30. The molecule has 0 aliphatic carbocycles. The van der Waals surface area contributed by atoms with Gasteiger partial charge in [0.15, 0.2) is 0 Å². The van der Waals surface area contributed by atoms with E-state index in [0.29, 0.717) is 6.61 Å².